The van der Waals surface area contributed by atoms with Gasteiger partial charge in [0.25, 0.3) is 0 Å². The Labute approximate surface area is 117 Å². The molecule has 0 fully saturated rings. The molecule has 2 N–H and O–H groups in total. The molecular weight excluding hydrogens is 256 g/mol. The highest BCUT2D eigenvalue weighted by atomic mass is 32.1. The van der Waals surface area contributed by atoms with Crippen LogP contribution in [-0.2, 0) is 13.0 Å². The predicted molar refractivity (Wildman–Crippen MR) is 78.2 cm³/mol. The van der Waals surface area contributed by atoms with E-state index >= 15 is 0 Å². The van der Waals surface area contributed by atoms with Crippen molar-refractivity contribution in [2.24, 2.45) is 0 Å². The lowest BCUT2D eigenvalue weighted by atomic mass is 10.1. The normalized spacial score (nSPS) is 10.1. The first-order valence-electron chi connectivity index (χ1n) is 6.23. The van der Waals surface area contributed by atoms with Gasteiger partial charge in [0.15, 0.2) is 0 Å². The van der Waals surface area contributed by atoms with Crippen molar-refractivity contribution < 1.29 is 5.11 Å². The summed E-state index contributed by atoms with van der Waals surface area (Å²) in [5, 5.41) is 22.8. The van der Waals surface area contributed by atoms with Gasteiger partial charge in [0.05, 0.1) is 5.56 Å². The molecule has 1 aromatic heterocycles. The molecule has 0 aliphatic rings. The molecule has 0 radical (unpaired) electrons. The lowest BCUT2D eigenvalue weighted by Crippen LogP contribution is -1.98. The van der Waals surface area contributed by atoms with Crippen LogP contribution in [0.1, 0.15) is 22.4 Å². The van der Waals surface area contributed by atoms with Crippen molar-refractivity contribution >= 4 is 17.0 Å². The van der Waals surface area contributed by atoms with E-state index in [9.17, 15) is 0 Å². The van der Waals surface area contributed by atoms with Gasteiger partial charge in [-0.05, 0) is 36.6 Å². The zero-order valence-electron chi connectivity index (χ0n) is 10.6. The van der Waals surface area contributed by atoms with Crippen LogP contribution in [-0.4, -0.2) is 11.7 Å². The number of aliphatic hydroxyl groups is 1. The highest BCUT2D eigenvalue weighted by Crippen LogP contribution is 2.17. The van der Waals surface area contributed by atoms with E-state index in [0.29, 0.717) is 0 Å². The molecule has 0 amide bonds. The summed E-state index contributed by atoms with van der Waals surface area (Å²) in [4.78, 5) is 1.15. The second-order valence-corrected chi connectivity index (χ2v) is 5.29. The van der Waals surface area contributed by atoms with Gasteiger partial charge in [-0.3, -0.25) is 0 Å². The molecule has 2 aromatic rings. The quantitative estimate of drug-likeness (QED) is 0.849. The van der Waals surface area contributed by atoms with Gasteiger partial charge in [0.2, 0.25) is 0 Å². The zero-order chi connectivity index (χ0) is 13.5. The molecule has 2 rings (SSSR count). The Morgan fingerprint density at radius 3 is 2.95 bits per heavy atom. The molecule has 98 valence electrons. The summed E-state index contributed by atoms with van der Waals surface area (Å²) < 4.78 is 0. The number of rotatable bonds is 6. The SMILES string of the molecule is N#Cc1csc(CNc2cccc(CCCO)c2)c1. The minimum absolute atomic E-state index is 0.226. The molecular formula is C15H16N2OS. The van der Waals surface area contributed by atoms with Gasteiger partial charge < -0.3 is 10.4 Å². The van der Waals surface area contributed by atoms with E-state index in [2.05, 4.69) is 23.5 Å². The van der Waals surface area contributed by atoms with Crippen molar-refractivity contribution in [1.29, 1.82) is 5.26 Å². The van der Waals surface area contributed by atoms with E-state index in [1.54, 1.807) is 11.3 Å². The van der Waals surface area contributed by atoms with Crippen molar-refractivity contribution in [1.82, 2.24) is 0 Å². The van der Waals surface area contributed by atoms with Crippen molar-refractivity contribution in [2.45, 2.75) is 19.4 Å². The van der Waals surface area contributed by atoms with E-state index in [4.69, 9.17) is 10.4 Å². The fraction of sp³-hybridized carbons (Fsp3) is 0.267. The maximum atomic E-state index is 8.83. The highest BCUT2D eigenvalue weighted by Gasteiger charge is 2.00. The molecule has 0 bridgehead atoms. The average Bonchev–Trinajstić information content (AvgIpc) is 2.91. The number of thiophene rings is 1. The molecule has 0 spiro atoms. The molecule has 3 nitrogen and oxygen atoms in total. The highest BCUT2D eigenvalue weighted by molar-refractivity contribution is 7.10. The molecule has 0 aliphatic carbocycles. The van der Waals surface area contributed by atoms with Crippen molar-refractivity contribution in [3.05, 3.63) is 51.7 Å². The zero-order valence-corrected chi connectivity index (χ0v) is 11.4. The Bertz CT molecular complexity index is 572. The largest absolute Gasteiger partial charge is 0.396 e. The summed E-state index contributed by atoms with van der Waals surface area (Å²) in [7, 11) is 0. The van der Waals surface area contributed by atoms with E-state index in [-0.39, 0.29) is 6.61 Å². The maximum Gasteiger partial charge on any atom is 0.100 e. The van der Waals surface area contributed by atoms with Gasteiger partial charge in [-0.1, -0.05) is 12.1 Å². The number of hydrogen-bond donors (Lipinski definition) is 2. The van der Waals surface area contributed by atoms with Crippen molar-refractivity contribution in [2.75, 3.05) is 11.9 Å². The van der Waals surface area contributed by atoms with Crippen LogP contribution in [0.25, 0.3) is 0 Å². The van der Waals surface area contributed by atoms with Crippen LogP contribution in [0.2, 0.25) is 0 Å². The number of anilines is 1. The Kier molecular flexibility index (Phi) is 4.96. The summed E-state index contributed by atoms with van der Waals surface area (Å²) in [5.74, 6) is 0. The minimum atomic E-state index is 0.226. The van der Waals surface area contributed by atoms with Crippen LogP contribution in [0.5, 0.6) is 0 Å². The Morgan fingerprint density at radius 1 is 1.32 bits per heavy atom. The number of nitrogens with one attached hydrogen (secondary N) is 1. The standard InChI is InChI=1S/C15H16N2OS/c16-9-13-8-15(19-11-13)10-17-14-5-1-3-12(7-14)4-2-6-18/h1,3,5,7-8,11,17-18H,2,4,6,10H2. The smallest absolute Gasteiger partial charge is 0.100 e. The monoisotopic (exact) mass is 272 g/mol. The Hall–Kier alpha value is -1.83. The summed E-state index contributed by atoms with van der Waals surface area (Å²) in [6.45, 7) is 0.958. The average molecular weight is 272 g/mol. The number of nitrogens with zero attached hydrogens (tertiary/aromatic N) is 1. The van der Waals surface area contributed by atoms with Crippen LogP contribution >= 0.6 is 11.3 Å². The van der Waals surface area contributed by atoms with Gasteiger partial charge in [-0.25, -0.2) is 0 Å². The molecule has 1 heterocycles. The van der Waals surface area contributed by atoms with E-state index in [0.717, 1.165) is 35.5 Å². The third-order valence-corrected chi connectivity index (χ3v) is 3.74. The van der Waals surface area contributed by atoms with E-state index in [1.807, 2.05) is 23.6 Å². The lowest BCUT2D eigenvalue weighted by molar-refractivity contribution is 0.288. The van der Waals surface area contributed by atoms with Crippen LogP contribution in [0, 0.1) is 11.3 Å². The number of benzene rings is 1. The van der Waals surface area contributed by atoms with Crippen LogP contribution in [0.3, 0.4) is 0 Å². The summed E-state index contributed by atoms with van der Waals surface area (Å²) >= 11 is 1.59. The first kappa shape index (κ1) is 13.6. The summed E-state index contributed by atoms with van der Waals surface area (Å²) in [6, 6.07) is 12.3. The third-order valence-electron chi connectivity index (χ3n) is 2.80. The second kappa shape index (κ2) is 6.93. The van der Waals surface area contributed by atoms with Crippen molar-refractivity contribution in [3.8, 4) is 6.07 Å². The van der Waals surface area contributed by atoms with E-state index < -0.39 is 0 Å². The summed E-state index contributed by atoms with van der Waals surface area (Å²) in [6.07, 6.45) is 1.68. The van der Waals surface area contributed by atoms with Crippen molar-refractivity contribution in [3.63, 3.8) is 0 Å². The van der Waals surface area contributed by atoms with Crippen LogP contribution in [0.4, 0.5) is 5.69 Å². The molecule has 19 heavy (non-hydrogen) atoms. The number of aryl methyl sites for hydroxylation is 1. The molecule has 0 unspecified atom stereocenters. The minimum Gasteiger partial charge on any atom is -0.396 e. The number of aliphatic hydroxyl groups excluding tert-OH is 1. The summed E-state index contributed by atoms with van der Waals surface area (Å²) in [5.41, 5.74) is 3.02. The topological polar surface area (TPSA) is 56.0 Å². The Morgan fingerprint density at radius 2 is 2.21 bits per heavy atom. The molecule has 0 atom stereocenters. The van der Waals surface area contributed by atoms with Gasteiger partial charge in [-0.15, -0.1) is 11.3 Å². The molecule has 0 aliphatic heterocycles. The molecule has 4 heteroatoms. The fourth-order valence-corrected chi connectivity index (χ4v) is 2.59. The lowest BCUT2D eigenvalue weighted by Gasteiger charge is -2.07. The van der Waals surface area contributed by atoms with Crippen LogP contribution < -0.4 is 5.32 Å². The maximum absolute atomic E-state index is 8.83. The molecule has 0 saturated carbocycles. The van der Waals surface area contributed by atoms with Gasteiger partial charge in [0.1, 0.15) is 6.07 Å². The molecule has 1 aromatic carbocycles. The first-order chi connectivity index (χ1) is 9.31. The van der Waals surface area contributed by atoms with Crippen LogP contribution in [0.15, 0.2) is 35.7 Å². The van der Waals surface area contributed by atoms with Gasteiger partial charge >= 0.3 is 0 Å². The Balaban J connectivity index is 1.93. The van der Waals surface area contributed by atoms with Gasteiger partial charge in [0, 0.05) is 29.1 Å². The predicted octanol–water partition coefficient (Wildman–Crippen LogP) is 3.16. The second-order valence-electron chi connectivity index (χ2n) is 4.29. The van der Waals surface area contributed by atoms with Gasteiger partial charge in [-0.2, -0.15) is 5.26 Å². The molecule has 0 saturated heterocycles. The fourth-order valence-electron chi connectivity index (χ4n) is 1.84. The first-order valence-corrected chi connectivity index (χ1v) is 7.11. The number of hydrogen-bond acceptors (Lipinski definition) is 4. The third kappa shape index (κ3) is 4.09. The number of nitriles is 1. The van der Waals surface area contributed by atoms with E-state index in [1.165, 1.54) is 5.56 Å².